The molecule has 7 atom stereocenters. The molecular formula is C43H43FN8O8. The number of nitrogens with one attached hydrogen (secondary N) is 4. The summed E-state index contributed by atoms with van der Waals surface area (Å²) in [5.41, 5.74) is 21.8. The van der Waals surface area contributed by atoms with E-state index in [1.165, 1.54) is 0 Å². The average Bonchev–Trinajstić information content (AvgIpc) is 4.04. The van der Waals surface area contributed by atoms with E-state index in [1.54, 1.807) is 18.6 Å². The number of aromatic amines is 4. The van der Waals surface area contributed by atoms with E-state index in [4.69, 9.17) is 31.4 Å². The van der Waals surface area contributed by atoms with Crippen molar-refractivity contribution < 1.29 is 33.0 Å². The van der Waals surface area contributed by atoms with Crippen molar-refractivity contribution in [2.75, 3.05) is 6.61 Å². The highest BCUT2D eigenvalue weighted by molar-refractivity contribution is 5.88. The molecule has 7 aromatic rings. The van der Waals surface area contributed by atoms with Gasteiger partial charge in [-0.2, -0.15) is 4.39 Å². The zero-order valence-corrected chi connectivity index (χ0v) is 32.1. The molecule has 0 radical (unpaired) electrons. The third kappa shape index (κ3) is 8.15. The molecule has 310 valence electrons. The van der Waals surface area contributed by atoms with Gasteiger partial charge in [0.2, 0.25) is 5.82 Å². The molecule has 0 spiro atoms. The summed E-state index contributed by atoms with van der Waals surface area (Å²) in [5, 5.41) is 2.61. The number of nitrogens with zero attached hydrogens (tertiary/aromatic N) is 1. The van der Waals surface area contributed by atoms with E-state index < -0.39 is 83.9 Å². The molecule has 60 heavy (non-hydrogen) atoms. The van der Waals surface area contributed by atoms with Gasteiger partial charge in [-0.1, -0.05) is 54.6 Å². The van der Waals surface area contributed by atoms with Crippen LogP contribution < -0.4 is 28.5 Å². The fourth-order valence-electron chi connectivity index (χ4n) is 7.98. The molecule has 3 aromatic carbocycles. The molecule has 1 aliphatic heterocycles. The van der Waals surface area contributed by atoms with Crippen LogP contribution in [0.3, 0.4) is 0 Å². The van der Waals surface area contributed by atoms with Gasteiger partial charge in [0, 0.05) is 76.5 Å². The Morgan fingerprint density at radius 3 is 1.73 bits per heavy atom. The lowest BCUT2D eigenvalue weighted by molar-refractivity contribution is -0.159. The lowest BCUT2D eigenvalue weighted by Gasteiger charge is -2.26. The second-order valence-electron chi connectivity index (χ2n) is 15.1. The second kappa shape index (κ2) is 16.9. The number of para-hydroxylation sites is 3. The number of rotatable bonds is 15. The van der Waals surface area contributed by atoms with Crippen LogP contribution in [0.25, 0.3) is 32.7 Å². The van der Waals surface area contributed by atoms with Crippen molar-refractivity contribution in [2.24, 2.45) is 23.1 Å². The fraction of sp³-hybridized carbons (Fsp3) is 0.279. The van der Waals surface area contributed by atoms with Gasteiger partial charge in [0.05, 0.1) is 12.2 Å². The first-order chi connectivity index (χ1) is 28.9. The SMILES string of the molecule is N[C@H](Cc1c[nH]c2ccccc12)C(=O)C[C@H]1C(OC(=O)[C@H](N)Cc2c[nH]c3ccccc23)[C@H](n2cc(F)c(=O)[nH]c2=O)O[C@@H]1COC(=O)[C@@H](N)Cc1c[nH]c2ccccc12. The number of carbonyl (C=O) groups excluding carboxylic acids is 3. The molecule has 1 unspecified atom stereocenters. The second-order valence-corrected chi connectivity index (χ2v) is 15.1. The Morgan fingerprint density at radius 2 is 1.20 bits per heavy atom. The van der Waals surface area contributed by atoms with Crippen molar-refractivity contribution >= 4 is 50.4 Å². The van der Waals surface area contributed by atoms with Crippen molar-refractivity contribution in [1.82, 2.24) is 24.5 Å². The van der Waals surface area contributed by atoms with Gasteiger partial charge in [0.25, 0.3) is 5.56 Å². The van der Waals surface area contributed by atoms with Crippen molar-refractivity contribution in [2.45, 2.75) is 62.2 Å². The maximum atomic E-state index is 14.8. The first kappa shape index (κ1) is 40.1. The highest BCUT2D eigenvalue weighted by atomic mass is 19.1. The largest absolute Gasteiger partial charge is 0.462 e. The standard InChI is InChI=1S/C43H43FN8O8/c44-29-20-52(43(57)51-39(29)54)40-38(60-42(56)32(47)15-24-19-50-35-12-6-3-9-27(24)35)28(16-36(53)30(45)13-22-17-48-33-10-4-1-7-25(22)33)37(59-40)21-58-41(55)31(46)14-23-18-49-34-11-5-2-8-26(23)34/h1-12,17-20,28,30-32,37-38,40,48-50H,13-16,21,45-47H2,(H,51,54,57)/t28-,30-,31+,32-,37-,38?,40-/m1/s1. The summed E-state index contributed by atoms with van der Waals surface area (Å²) in [6.45, 7) is -0.511. The number of nitrogens with two attached hydrogens (primary N) is 3. The minimum Gasteiger partial charge on any atom is -0.462 e. The predicted molar refractivity (Wildman–Crippen MR) is 219 cm³/mol. The molecule has 1 aliphatic rings. The molecular weight excluding hydrogens is 776 g/mol. The van der Waals surface area contributed by atoms with Gasteiger partial charge in [0.1, 0.15) is 30.6 Å². The number of halogens is 1. The Bertz CT molecular complexity index is 2820. The van der Waals surface area contributed by atoms with Crippen LogP contribution in [0, 0.1) is 11.7 Å². The first-order valence-corrected chi connectivity index (χ1v) is 19.4. The van der Waals surface area contributed by atoms with Crippen LogP contribution in [0.2, 0.25) is 0 Å². The van der Waals surface area contributed by atoms with Gasteiger partial charge in [0.15, 0.2) is 12.3 Å². The summed E-state index contributed by atoms with van der Waals surface area (Å²) in [6, 6.07) is 19.1. The lowest BCUT2D eigenvalue weighted by Crippen LogP contribution is -2.44. The number of aromatic nitrogens is 5. The number of benzene rings is 3. The van der Waals surface area contributed by atoms with Gasteiger partial charge in [-0.05, 0) is 41.3 Å². The third-order valence-electron chi connectivity index (χ3n) is 11.1. The summed E-state index contributed by atoms with van der Waals surface area (Å²) < 4.78 is 33.5. The van der Waals surface area contributed by atoms with E-state index in [0.29, 0.717) is 10.8 Å². The van der Waals surface area contributed by atoms with Crippen LogP contribution >= 0.6 is 0 Å². The molecule has 16 nitrogen and oxygen atoms in total. The Labute approximate surface area is 340 Å². The van der Waals surface area contributed by atoms with Crippen LogP contribution in [0.5, 0.6) is 0 Å². The van der Waals surface area contributed by atoms with E-state index in [1.807, 2.05) is 77.8 Å². The molecule has 4 aromatic heterocycles. The minimum atomic E-state index is -1.61. The molecule has 5 heterocycles. The Morgan fingerprint density at radius 1 is 0.717 bits per heavy atom. The predicted octanol–water partition coefficient (Wildman–Crippen LogP) is 2.76. The molecule has 17 heteroatoms. The number of Topliss-reactive ketones (excluding diaryl/α,β-unsaturated/α-hetero) is 1. The Balaban J connectivity index is 1.08. The van der Waals surface area contributed by atoms with Crippen molar-refractivity contribution in [3.8, 4) is 0 Å². The summed E-state index contributed by atoms with van der Waals surface area (Å²) >= 11 is 0. The molecule has 0 aliphatic carbocycles. The Hall–Kier alpha value is -6.66. The molecule has 1 fully saturated rings. The number of esters is 2. The molecule has 0 bridgehead atoms. The molecule has 0 saturated carbocycles. The van der Waals surface area contributed by atoms with Gasteiger partial charge in [-0.25, -0.2) is 4.79 Å². The third-order valence-corrected chi connectivity index (χ3v) is 11.1. The van der Waals surface area contributed by atoms with Crippen LogP contribution in [0.1, 0.15) is 29.3 Å². The number of ether oxygens (including phenoxy) is 3. The lowest BCUT2D eigenvalue weighted by atomic mass is 9.88. The number of hydrogen-bond donors (Lipinski definition) is 7. The number of carbonyl (C=O) groups is 3. The number of hydrogen-bond acceptors (Lipinski definition) is 11. The minimum absolute atomic E-state index is 0.0444. The zero-order valence-electron chi connectivity index (χ0n) is 32.1. The first-order valence-electron chi connectivity index (χ1n) is 19.4. The highest BCUT2D eigenvalue weighted by Gasteiger charge is 2.50. The fourth-order valence-corrected chi connectivity index (χ4v) is 7.98. The maximum Gasteiger partial charge on any atom is 0.330 e. The Kier molecular flexibility index (Phi) is 11.3. The topological polar surface area (TPSA) is 259 Å². The monoisotopic (exact) mass is 818 g/mol. The van der Waals surface area contributed by atoms with E-state index in [9.17, 15) is 28.4 Å². The molecule has 10 N–H and O–H groups in total. The zero-order chi connectivity index (χ0) is 42.1. The molecule has 1 saturated heterocycles. The number of ketones is 1. The van der Waals surface area contributed by atoms with E-state index in [-0.39, 0.29) is 25.7 Å². The van der Waals surface area contributed by atoms with E-state index in [2.05, 4.69) is 15.0 Å². The quantitative estimate of drug-likeness (QED) is 0.0740. The summed E-state index contributed by atoms with van der Waals surface area (Å²) in [7, 11) is 0. The van der Waals surface area contributed by atoms with Crippen molar-refractivity contribution in [1.29, 1.82) is 0 Å². The smallest absolute Gasteiger partial charge is 0.330 e. The van der Waals surface area contributed by atoms with Crippen LogP contribution in [-0.2, 0) is 47.9 Å². The van der Waals surface area contributed by atoms with E-state index >= 15 is 0 Å². The highest BCUT2D eigenvalue weighted by Crippen LogP contribution is 2.39. The van der Waals surface area contributed by atoms with Crippen LogP contribution in [0.15, 0.2) is 107 Å². The van der Waals surface area contributed by atoms with Crippen molar-refractivity contribution in [3.63, 3.8) is 0 Å². The van der Waals surface area contributed by atoms with Crippen molar-refractivity contribution in [3.05, 3.63) is 141 Å². The van der Waals surface area contributed by atoms with Gasteiger partial charge < -0.3 is 46.4 Å². The number of H-pyrrole nitrogens is 4. The van der Waals surface area contributed by atoms with Gasteiger partial charge in [-0.3, -0.25) is 28.7 Å². The van der Waals surface area contributed by atoms with Crippen LogP contribution in [-0.4, -0.2) is 79.2 Å². The molecule has 8 rings (SSSR count). The normalized spacial score (nSPS) is 19.4. The molecule has 0 amide bonds. The van der Waals surface area contributed by atoms with E-state index in [0.717, 1.165) is 49.4 Å². The maximum absolute atomic E-state index is 14.8. The summed E-state index contributed by atoms with van der Waals surface area (Å²) in [4.78, 5) is 78.0. The summed E-state index contributed by atoms with van der Waals surface area (Å²) in [6.07, 6.45) is 1.46. The summed E-state index contributed by atoms with van der Waals surface area (Å²) in [5.74, 6) is -4.64. The number of fused-ring (bicyclic) bond motifs is 3. The average molecular weight is 819 g/mol. The van der Waals surface area contributed by atoms with Gasteiger partial charge >= 0.3 is 17.6 Å². The van der Waals surface area contributed by atoms with Crippen LogP contribution in [0.4, 0.5) is 4.39 Å². The van der Waals surface area contributed by atoms with Gasteiger partial charge in [-0.15, -0.1) is 0 Å².